The number of hydrogen-bond donors (Lipinski definition) is 0. The van der Waals surface area contributed by atoms with Crippen LogP contribution in [0.5, 0.6) is 23.5 Å². The summed E-state index contributed by atoms with van der Waals surface area (Å²) in [5, 5.41) is 0. The van der Waals surface area contributed by atoms with Crippen molar-refractivity contribution in [2.75, 3.05) is 55.9 Å². The summed E-state index contributed by atoms with van der Waals surface area (Å²) < 4.78 is 32.6. The van der Waals surface area contributed by atoms with Crippen molar-refractivity contribution in [1.29, 1.82) is 0 Å². The summed E-state index contributed by atoms with van der Waals surface area (Å²) in [6.45, 7) is 1.27. The first-order chi connectivity index (χ1) is 14.6. The van der Waals surface area contributed by atoms with E-state index in [1.165, 1.54) is 0 Å². The highest BCUT2D eigenvalue weighted by Crippen LogP contribution is 2.40. The number of rotatable bonds is 13. The minimum absolute atomic E-state index is 0.463. The van der Waals surface area contributed by atoms with Crippen LogP contribution in [0.25, 0.3) is 11.1 Å². The summed E-state index contributed by atoms with van der Waals surface area (Å²) in [5.74, 6) is 1.99. The number of aromatic nitrogens is 2. The van der Waals surface area contributed by atoms with Crippen molar-refractivity contribution in [2.24, 2.45) is 0 Å². The molecule has 2 heterocycles. The molecule has 2 rings (SSSR count). The fourth-order valence-electron chi connectivity index (χ4n) is 3.39. The fourth-order valence-corrected chi connectivity index (χ4v) is 3.39. The van der Waals surface area contributed by atoms with Gasteiger partial charge in [-0.1, -0.05) is 0 Å². The minimum Gasteiger partial charge on any atom is -0.481 e. The van der Waals surface area contributed by atoms with E-state index in [4.69, 9.17) is 28.4 Å². The van der Waals surface area contributed by atoms with E-state index in [2.05, 4.69) is 9.97 Å². The molecule has 0 aromatic carbocycles. The summed E-state index contributed by atoms with van der Waals surface area (Å²) in [6, 6.07) is 3.77. The Kier molecular flexibility index (Phi) is 9.63. The van der Waals surface area contributed by atoms with Gasteiger partial charge in [-0.3, -0.25) is 0 Å². The maximum Gasteiger partial charge on any atom is 0.220 e. The lowest BCUT2D eigenvalue weighted by Crippen LogP contribution is -2.08. The zero-order valence-corrected chi connectivity index (χ0v) is 18.7. The zero-order valence-electron chi connectivity index (χ0n) is 18.7. The predicted octanol–water partition coefficient (Wildman–Crippen LogP) is 3.34. The highest BCUT2D eigenvalue weighted by atomic mass is 16.5. The van der Waals surface area contributed by atoms with Gasteiger partial charge >= 0.3 is 0 Å². The molecule has 0 radical (unpaired) electrons. The van der Waals surface area contributed by atoms with Gasteiger partial charge in [0.25, 0.3) is 0 Å². The van der Waals surface area contributed by atoms with E-state index in [0.717, 1.165) is 47.9 Å². The summed E-state index contributed by atoms with van der Waals surface area (Å²) >= 11 is 0. The van der Waals surface area contributed by atoms with Crippen molar-refractivity contribution in [3.05, 3.63) is 23.3 Å². The normalized spacial score (nSPS) is 10.7. The van der Waals surface area contributed by atoms with Crippen LogP contribution >= 0.6 is 0 Å². The molecule has 0 fully saturated rings. The lowest BCUT2D eigenvalue weighted by Gasteiger charge is -2.21. The molecule has 30 heavy (non-hydrogen) atoms. The van der Waals surface area contributed by atoms with Gasteiger partial charge in [-0.2, -0.15) is 9.97 Å². The van der Waals surface area contributed by atoms with Crippen LogP contribution in [0.1, 0.15) is 24.0 Å². The van der Waals surface area contributed by atoms with E-state index in [1.54, 1.807) is 42.7 Å². The molecule has 8 nitrogen and oxygen atoms in total. The molecule has 0 unspecified atom stereocenters. The van der Waals surface area contributed by atoms with Gasteiger partial charge in [-0.05, 0) is 36.8 Å². The van der Waals surface area contributed by atoms with Crippen LogP contribution in [0.15, 0.2) is 12.1 Å². The van der Waals surface area contributed by atoms with Crippen molar-refractivity contribution in [3.63, 3.8) is 0 Å². The third-order valence-electron chi connectivity index (χ3n) is 4.75. The minimum atomic E-state index is 0.463. The van der Waals surface area contributed by atoms with Crippen LogP contribution in [-0.4, -0.2) is 65.8 Å². The van der Waals surface area contributed by atoms with Gasteiger partial charge in [-0.15, -0.1) is 0 Å². The molecule has 0 atom stereocenters. The largest absolute Gasteiger partial charge is 0.481 e. The standard InChI is InChI=1S/C22H32N2O6/c1-25-11-7-9-16-20(15-13-18(27-3)23-19(14-15)28-4)17(10-8-12-26-2)22(30-6)24-21(16)29-5/h13-14H,7-12H2,1-6H3. The second-order valence-corrected chi connectivity index (χ2v) is 6.60. The summed E-state index contributed by atoms with van der Waals surface area (Å²) in [6.07, 6.45) is 3.11. The van der Waals surface area contributed by atoms with E-state index < -0.39 is 0 Å². The molecule has 0 spiro atoms. The molecule has 0 saturated heterocycles. The summed E-state index contributed by atoms with van der Waals surface area (Å²) in [4.78, 5) is 8.96. The van der Waals surface area contributed by atoms with E-state index in [-0.39, 0.29) is 0 Å². The average Bonchev–Trinajstić information content (AvgIpc) is 2.78. The Bertz CT molecular complexity index is 754. The molecular formula is C22H32N2O6. The monoisotopic (exact) mass is 420 g/mol. The molecular weight excluding hydrogens is 388 g/mol. The van der Waals surface area contributed by atoms with Crippen LogP contribution in [0.3, 0.4) is 0 Å². The Morgan fingerprint density at radius 1 is 0.633 bits per heavy atom. The van der Waals surface area contributed by atoms with Crippen molar-refractivity contribution in [3.8, 4) is 34.6 Å². The average molecular weight is 421 g/mol. The van der Waals surface area contributed by atoms with Gasteiger partial charge in [-0.25, -0.2) is 0 Å². The van der Waals surface area contributed by atoms with Crippen LogP contribution in [-0.2, 0) is 22.3 Å². The number of ether oxygens (including phenoxy) is 6. The first-order valence-corrected chi connectivity index (χ1v) is 9.85. The highest BCUT2D eigenvalue weighted by molar-refractivity contribution is 5.76. The van der Waals surface area contributed by atoms with E-state index in [1.807, 2.05) is 12.1 Å². The van der Waals surface area contributed by atoms with E-state index in [0.29, 0.717) is 36.7 Å². The quantitative estimate of drug-likeness (QED) is 0.457. The molecule has 0 N–H and O–H groups in total. The molecule has 166 valence electrons. The highest BCUT2D eigenvalue weighted by Gasteiger charge is 2.23. The Balaban J connectivity index is 2.75. The van der Waals surface area contributed by atoms with Crippen molar-refractivity contribution >= 4 is 0 Å². The first kappa shape index (κ1) is 23.7. The number of pyridine rings is 2. The van der Waals surface area contributed by atoms with E-state index >= 15 is 0 Å². The number of hydrogen-bond acceptors (Lipinski definition) is 8. The third kappa shape index (κ3) is 5.73. The Hall–Kier alpha value is -2.58. The van der Waals surface area contributed by atoms with Crippen LogP contribution in [0.2, 0.25) is 0 Å². The first-order valence-electron chi connectivity index (χ1n) is 9.85. The predicted molar refractivity (Wildman–Crippen MR) is 114 cm³/mol. The second kappa shape index (κ2) is 12.2. The van der Waals surface area contributed by atoms with Crippen molar-refractivity contribution in [1.82, 2.24) is 9.97 Å². The van der Waals surface area contributed by atoms with Gasteiger partial charge in [0.05, 0.1) is 28.4 Å². The van der Waals surface area contributed by atoms with Crippen molar-refractivity contribution < 1.29 is 28.4 Å². The molecule has 8 heteroatoms. The molecule has 2 aromatic heterocycles. The van der Waals surface area contributed by atoms with Crippen LogP contribution in [0, 0.1) is 0 Å². The number of methoxy groups -OCH3 is 6. The molecule has 2 aromatic rings. The van der Waals surface area contributed by atoms with Gasteiger partial charge < -0.3 is 28.4 Å². The maximum atomic E-state index is 5.64. The van der Waals surface area contributed by atoms with Gasteiger partial charge in [0.2, 0.25) is 23.5 Å². The molecule has 0 amide bonds. The SMILES string of the molecule is COCCCc1c(OC)nc(OC)c(CCCOC)c1-c1cc(OC)nc(OC)c1. The molecule has 0 bridgehead atoms. The summed E-state index contributed by atoms with van der Waals surface area (Å²) in [5.41, 5.74) is 3.86. The lowest BCUT2D eigenvalue weighted by molar-refractivity contribution is 0.194. The molecule has 0 aliphatic carbocycles. The maximum absolute atomic E-state index is 5.64. The molecule has 0 aliphatic heterocycles. The zero-order chi connectivity index (χ0) is 21.9. The number of nitrogens with zero attached hydrogens (tertiary/aromatic N) is 2. The van der Waals surface area contributed by atoms with Gasteiger partial charge in [0.1, 0.15) is 0 Å². The van der Waals surface area contributed by atoms with Gasteiger partial charge in [0.15, 0.2) is 0 Å². The molecule has 0 saturated carbocycles. The van der Waals surface area contributed by atoms with Crippen LogP contribution < -0.4 is 18.9 Å². The topological polar surface area (TPSA) is 81.2 Å². The van der Waals surface area contributed by atoms with Gasteiger partial charge in [0, 0.05) is 50.7 Å². The Labute approximate surface area is 178 Å². The van der Waals surface area contributed by atoms with E-state index in [9.17, 15) is 0 Å². The molecule has 0 aliphatic rings. The van der Waals surface area contributed by atoms with Crippen LogP contribution in [0.4, 0.5) is 0 Å². The Morgan fingerprint density at radius 3 is 1.47 bits per heavy atom. The Morgan fingerprint density at radius 2 is 1.10 bits per heavy atom. The fraction of sp³-hybridized carbons (Fsp3) is 0.545. The smallest absolute Gasteiger partial charge is 0.220 e. The third-order valence-corrected chi connectivity index (χ3v) is 4.75. The van der Waals surface area contributed by atoms with Crippen molar-refractivity contribution in [2.45, 2.75) is 25.7 Å². The lowest BCUT2D eigenvalue weighted by atomic mass is 9.91. The second-order valence-electron chi connectivity index (χ2n) is 6.60. The summed E-state index contributed by atoms with van der Waals surface area (Å²) in [7, 11) is 9.78.